The number of nitrogens with zero attached hydrogens (tertiary/aromatic N) is 4. The Morgan fingerprint density at radius 1 is 1.50 bits per heavy atom. The summed E-state index contributed by atoms with van der Waals surface area (Å²) in [6.07, 6.45) is 0.558. The molecule has 1 fully saturated rings. The molecule has 7 nitrogen and oxygen atoms in total. The second kappa shape index (κ2) is 4.93. The molecule has 8 heteroatoms. The van der Waals surface area contributed by atoms with Gasteiger partial charge in [-0.05, 0) is 24.9 Å². The number of rotatable bonds is 3. The Morgan fingerprint density at radius 3 is 2.78 bits per heavy atom. The van der Waals surface area contributed by atoms with Gasteiger partial charge in [-0.1, -0.05) is 0 Å². The van der Waals surface area contributed by atoms with E-state index >= 15 is 0 Å². The van der Waals surface area contributed by atoms with Crippen LogP contribution in [0.5, 0.6) is 6.01 Å². The van der Waals surface area contributed by atoms with Crippen LogP contribution in [0, 0.1) is 5.92 Å². The van der Waals surface area contributed by atoms with Crippen molar-refractivity contribution in [3.8, 4) is 6.01 Å². The number of hydrogen-bond donors (Lipinski definition) is 1. The molecule has 1 aromatic rings. The number of anilines is 1. The molecule has 0 bridgehead atoms. The van der Waals surface area contributed by atoms with Crippen LogP contribution in [-0.4, -0.2) is 45.7 Å². The molecule has 0 aromatic carbocycles. The molecular formula is C10H13ClN4O3. The Labute approximate surface area is 109 Å². The number of aromatic nitrogens is 3. The van der Waals surface area contributed by atoms with Crippen molar-refractivity contribution < 1.29 is 14.6 Å². The minimum atomic E-state index is -0.808. The van der Waals surface area contributed by atoms with Gasteiger partial charge >= 0.3 is 12.0 Å². The summed E-state index contributed by atoms with van der Waals surface area (Å²) in [7, 11) is 1.43. The summed E-state index contributed by atoms with van der Waals surface area (Å²) in [6.45, 7) is 2.40. The van der Waals surface area contributed by atoms with E-state index in [2.05, 4.69) is 15.0 Å². The first-order chi connectivity index (χ1) is 8.52. The summed E-state index contributed by atoms with van der Waals surface area (Å²) in [5.74, 6) is -0.883. The van der Waals surface area contributed by atoms with Crippen LogP contribution in [0.25, 0.3) is 0 Å². The zero-order valence-electron chi connectivity index (χ0n) is 10.00. The highest BCUT2D eigenvalue weighted by atomic mass is 35.5. The number of ether oxygens (including phenoxy) is 1. The smallest absolute Gasteiger partial charge is 0.322 e. The summed E-state index contributed by atoms with van der Waals surface area (Å²) < 4.78 is 4.92. The van der Waals surface area contributed by atoms with Gasteiger partial charge in [-0.15, -0.1) is 0 Å². The molecule has 2 atom stereocenters. The third-order valence-electron chi connectivity index (χ3n) is 3.09. The van der Waals surface area contributed by atoms with E-state index in [-0.39, 0.29) is 17.3 Å². The van der Waals surface area contributed by atoms with Crippen LogP contribution in [0.2, 0.25) is 5.28 Å². The van der Waals surface area contributed by atoms with Crippen molar-refractivity contribution in [2.45, 2.75) is 19.4 Å². The minimum absolute atomic E-state index is 0.0304. The van der Waals surface area contributed by atoms with E-state index in [9.17, 15) is 4.79 Å². The lowest BCUT2D eigenvalue weighted by Crippen LogP contribution is -2.34. The highest BCUT2D eigenvalue weighted by Crippen LogP contribution is 2.28. The number of halogens is 1. The molecule has 2 rings (SSSR count). The van der Waals surface area contributed by atoms with E-state index in [1.54, 1.807) is 4.90 Å². The van der Waals surface area contributed by atoms with Gasteiger partial charge in [0.2, 0.25) is 11.2 Å². The molecule has 0 aliphatic carbocycles. The molecular weight excluding hydrogens is 260 g/mol. The Bertz CT molecular complexity index is 470. The normalized spacial score (nSPS) is 23.2. The van der Waals surface area contributed by atoms with Crippen molar-refractivity contribution in [1.82, 2.24) is 15.0 Å². The third kappa shape index (κ3) is 2.31. The summed E-state index contributed by atoms with van der Waals surface area (Å²) >= 11 is 5.77. The second-order valence-electron chi connectivity index (χ2n) is 4.06. The topological polar surface area (TPSA) is 88.4 Å². The van der Waals surface area contributed by atoms with Crippen LogP contribution in [0.4, 0.5) is 5.95 Å². The summed E-state index contributed by atoms with van der Waals surface area (Å²) in [5.41, 5.74) is 0. The molecule has 18 heavy (non-hydrogen) atoms. The van der Waals surface area contributed by atoms with Crippen LogP contribution >= 0.6 is 11.6 Å². The van der Waals surface area contributed by atoms with Crippen molar-refractivity contribution in [1.29, 1.82) is 0 Å². The summed E-state index contributed by atoms with van der Waals surface area (Å²) in [5, 5.41) is 9.10. The van der Waals surface area contributed by atoms with E-state index in [1.165, 1.54) is 7.11 Å². The molecule has 1 saturated heterocycles. The fourth-order valence-corrected chi connectivity index (χ4v) is 2.24. The molecule has 2 unspecified atom stereocenters. The molecule has 98 valence electrons. The molecule has 1 aliphatic heterocycles. The quantitative estimate of drug-likeness (QED) is 0.872. The average Bonchev–Trinajstić information content (AvgIpc) is 2.70. The Kier molecular flexibility index (Phi) is 3.51. The van der Waals surface area contributed by atoms with Crippen molar-refractivity contribution in [2.24, 2.45) is 5.92 Å². The third-order valence-corrected chi connectivity index (χ3v) is 3.26. The van der Waals surface area contributed by atoms with Gasteiger partial charge in [0.05, 0.1) is 13.0 Å². The first-order valence-electron chi connectivity index (χ1n) is 5.48. The molecule has 0 amide bonds. The van der Waals surface area contributed by atoms with Crippen LogP contribution in [0.1, 0.15) is 13.3 Å². The van der Waals surface area contributed by atoms with Gasteiger partial charge in [-0.2, -0.15) is 15.0 Å². The van der Waals surface area contributed by atoms with Crippen LogP contribution in [0.15, 0.2) is 0 Å². The SMILES string of the molecule is COc1nc(Cl)nc(N2CCC(C(=O)O)C2C)n1. The summed E-state index contributed by atoms with van der Waals surface area (Å²) in [4.78, 5) is 24.7. The van der Waals surface area contributed by atoms with Gasteiger partial charge in [0.25, 0.3) is 0 Å². The maximum atomic E-state index is 11.0. The molecule has 1 N–H and O–H groups in total. The summed E-state index contributed by atoms with van der Waals surface area (Å²) in [6, 6.07) is -0.0679. The Hall–Kier alpha value is -1.63. The highest BCUT2D eigenvalue weighted by Gasteiger charge is 2.37. The zero-order valence-corrected chi connectivity index (χ0v) is 10.8. The van der Waals surface area contributed by atoms with Gasteiger partial charge in [0, 0.05) is 12.6 Å². The van der Waals surface area contributed by atoms with Gasteiger partial charge in [0.1, 0.15) is 0 Å². The number of aliphatic carboxylic acids is 1. The van der Waals surface area contributed by atoms with Crippen LogP contribution < -0.4 is 9.64 Å². The largest absolute Gasteiger partial charge is 0.481 e. The van der Waals surface area contributed by atoms with E-state index in [4.69, 9.17) is 21.4 Å². The number of hydrogen-bond acceptors (Lipinski definition) is 6. The van der Waals surface area contributed by atoms with Crippen molar-refractivity contribution >= 4 is 23.5 Å². The average molecular weight is 273 g/mol. The van der Waals surface area contributed by atoms with Crippen LogP contribution in [-0.2, 0) is 4.79 Å². The standard InChI is InChI=1S/C10H13ClN4O3/c1-5-6(7(16)17)3-4-15(5)9-12-8(11)13-10(14-9)18-2/h5-6H,3-4H2,1-2H3,(H,16,17). The molecule has 1 aliphatic rings. The monoisotopic (exact) mass is 272 g/mol. The maximum Gasteiger partial charge on any atom is 0.322 e. The van der Waals surface area contributed by atoms with Crippen LogP contribution in [0.3, 0.4) is 0 Å². The van der Waals surface area contributed by atoms with Gasteiger partial charge in [-0.25, -0.2) is 0 Å². The molecule has 0 spiro atoms. The van der Waals surface area contributed by atoms with Crippen molar-refractivity contribution in [3.63, 3.8) is 0 Å². The van der Waals surface area contributed by atoms with E-state index < -0.39 is 11.9 Å². The Balaban J connectivity index is 2.27. The first kappa shape index (κ1) is 12.8. The molecule has 0 saturated carbocycles. The van der Waals surface area contributed by atoms with Gasteiger partial charge in [-0.3, -0.25) is 4.79 Å². The minimum Gasteiger partial charge on any atom is -0.481 e. The second-order valence-corrected chi connectivity index (χ2v) is 4.40. The first-order valence-corrected chi connectivity index (χ1v) is 5.85. The maximum absolute atomic E-state index is 11.0. The number of carboxylic acids is 1. The molecule has 0 radical (unpaired) electrons. The fraction of sp³-hybridized carbons (Fsp3) is 0.600. The Morgan fingerprint density at radius 2 is 2.22 bits per heavy atom. The lowest BCUT2D eigenvalue weighted by atomic mass is 10.0. The number of methoxy groups -OCH3 is 1. The van der Waals surface area contributed by atoms with Gasteiger partial charge < -0.3 is 14.7 Å². The molecule has 1 aromatic heterocycles. The van der Waals surface area contributed by atoms with E-state index in [1.807, 2.05) is 6.92 Å². The number of carbonyl (C=O) groups is 1. The van der Waals surface area contributed by atoms with Gasteiger partial charge in [0.15, 0.2) is 0 Å². The van der Waals surface area contributed by atoms with Crippen molar-refractivity contribution in [3.05, 3.63) is 5.28 Å². The predicted octanol–water partition coefficient (Wildman–Crippen LogP) is 0.833. The van der Waals surface area contributed by atoms with E-state index in [0.717, 1.165) is 0 Å². The predicted molar refractivity (Wildman–Crippen MR) is 63.9 cm³/mol. The number of carboxylic acid groups (broad SMARTS) is 1. The van der Waals surface area contributed by atoms with E-state index in [0.29, 0.717) is 18.9 Å². The lowest BCUT2D eigenvalue weighted by Gasteiger charge is -2.23. The fourth-order valence-electron chi connectivity index (χ4n) is 2.09. The highest BCUT2D eigenvalue weighted by molar-refractivity contribution is 6.28. The molecule has 2 heterocycles. The zero-order chi connectivity index (χ0) is 13.3. The van der Waals surface area contributed by atoms with Crippen molar-refractivity contribution in [2.75, 3.05) is 18.6 Å². The lowest BCUT2D eigenvalue weighted by molar-refractivity contribution is -0.141.